The standard InChI is InChI=1S/C11H15BrN2O3/c1-8(7-15)5-13-6-9-2-3-10(14(16)17)4-11(9)12/h2-4,8,13,15H,5-7H2,1H3. The first-order valence-corrected chi connectivity index (χ1v) is 6.08. The molecule has 1 aromatic rings. The monoisotopic (exact) mass is 302 g/mol. The van der Waals surface area contributed by atoms with E-state index in [2.05, 4.69) is 21.2 Å². The van der Waals surface area contributed by atoms with Crippen LogP contribution in [0.4, 0.5) is 5.69 Å². The van der Waals surface area contributed by atoms with Crippen LogP contribution < -0.4 is 5.32 Å². The molecule has 6 heteroatoms. The maximum Gasteiger partial charge on any atom is 0.270 e. The molecule has 5 nitrogen and oxygen atoms in total. The molecule has 0 fully saturated rings. The van der Waals surface area contributed by atoms with Crippen molar-refractivity contribution in [3.63, 3.8) is 0 Å². The first kappa shape index (κ1) is 14.1. The molecular weight excluding hydrogens is 288 g/mol. The summed E-state index contributed by atoms with van der Waals surface area (Å²) in [4.78, 5) is 10.1. The Balaban J connectivity index is 2.57. The fraction of sp³-hybridized carbons (Fsp3) is 0.455. The number of hydrogen-bond donors (Lipinski definition) is 2. The third-order valence-corrected chi connectivity index (χ3v) is 3.11. The second kappa shape index (κ2) is 6.68. The lowest BCUT2D eigenvalue weighted by atomic mass is 10.1. The first-order valence-electron chi connectivity index (χ1n) is 5.29. The summed E-state index contributed by atoms with van der Waals surface area (Å²) in [6, 6.07) is 4.70. The minimum Gasteiger partial charge on any atom is -0.396 e. The molecule has 0 spiro atoms. The molecule has 0 radical (unpaired) electrons. The molecule has 1 unspecified atom stereocenters. The molecule has 1 atom stereocenters. The Kier molecular flexibility index (Phi) is 5.54. The van der Waals surface area contributed by atoms with Crippen molar-refractivity contribution >= 4 is 21.6 Å². The number of aliphatic hydroxyl groups excluding tert-OH is 1. The molecule has 0 saturated heterocycles. The number of aliphatic hydroxyl groups is 1. The minimum atomic E-state index is -0.421. The van der Waals surface area contributed by atoms with Crippen LogP contribution >= 0.6 is 15.9 Å². The molecular formula is C11H15BrN2O3. The molecule has 0 aliphatic rings. The minimum absolute atomic E-state index is 0.0735. The van der Waals surface area contributed by atoms with Gasteiger partial charge >= 0.3 is 0 Å². The van der Waals surface area contributed by atoms with Crippen LogP contribution in [0.3, 0.4) is 0 Å². The van der Waals surface area contributed by atoms with Gasteiger partial charge in [0, 0.05) is 36.3 Å². The molecule has 0 bridgehead atoms. The van der Waals surface area contributed by atoms with E-state index < -0.39 is 4.92 Å². The van der Waals surface area contributed by atoms with Crippen LogP contribution in [0.25, 0.3) is 0 Å². The van der Waals surface area contributed by atoms with E-state index in [0.717, 1.165) is 10.0 Å². The lowest BCUT2D eigenvalue weighted by Crippen LogP contribution is -2.22. The van der Waals surface area contributed by atoms with Crippen LogP contribution in [0, 0.1) is 16.0 Å². The van der Waals surface area contributed by atoms with Gasteiger partial charge in [0.15, 0.2) is 0 Å². The van der Waals surface area contributed by atoms with Gasteiger partial charge in [0.2, 0.25) is 0 Å². The van der Waals surface area contributed by atoms with Crippen molar-refractivity contribution in [3.8, 4) is 0 Å². The molecule has 17 heavy (non-hydrogen) atoms. The number of nitrogens with zero attached hydrogens (tertiary/aromatic N) is 1. The number of halogens is 1. The second-order valence-electron chi connectivity index (χ2n) is 3.95. The summed E-state index contributed by atoms with van der Waals surface area (Å²) < 4.78 is 0.718. The van der Waals surface area contributed by atoms with E-state index in [0.29, 0.717) is 13.1 Å². The zero-order chi connectivity index (χ0) is 12.8. The topological polar surface area (TPSA) is 75.4 Å². The van der Waals surface area contributed by atoms with E-state index in [1.165, 1.54) is 12.1 Å². The molecule has 1 aromatic carbocycles. The van der Waals surface area contributed by atoms with Crippen molar-refractivity contribution in [1.29, 1.82) is 0 Å². The highest BCUT2D eigenvalue weighted by Gasteiger charge is 2.09. The number of nitrogens with one attached hydrogen (secondary N) is 1. The van der Waals surface area contributed by atoms with Crippen LogP contribution in [0.5, 0.6) is 0 Å². The lowest BCUT2D eigenvalue weighted by Gasteiger charge is -2.10. The molecule has 0 amide bonds. The molecule has 1 rings (SSSR count). The Bertz CT molecular complexity index is 398. The van der Waals surface area contributed by atoms with Gasteiger partial charge in [0.1, 0.15) is 0 Å². The summed E-state index contributed by atoms with van der Waals surface area (Å²) in [6.07, 6.45) is 0. The summed E-state index contributed by atoms with van der Waals surface area (Å²) >= 11 is 3.31. The van der Waals surface area contributed by atoms with Crippen molar-refractivity contribution in [2.75, 3.05) is 13.2 Å². The normalized spacial score (nSPS) is 12.4. The van der Waals surface area contributed by atoms with Crippen molar-refractivity contribution in [2.24, 2.45) is 5.92 Å². The molecule has 94 valence electrons. The summed E-state index contributed by atoms with van der Waals surface area (Å²) in [6.45, 7) is 3.41. The summed E-state index contributed by atoms with van der Waals surface area (Å²) in [5.74, 6) is 0.201. The highest BCUT2D eigenvalue weighted by molar-refractivity contribution is 9.10. The van der Waals surface area contributed by atoms with Crippen molar-refractivity contribution in [1.82, 2.24) is 5.32 Å². The van der Waals surface area contributed by atoms with Gasteiger partial charge in [0.25, 0.3) is 5.69 Å². The maximum absolute atomic E-state index is 10.5. The van der Waals surface area contributed by atoms with Crippen LogP contribution in [-0.4, -0.2) is 23.2 Å². The van der Waals surface area contributed by atoms with Crippen LogP contribution in [0.2, 0.25) is 0 Å². The predicted molar refractivity (Wildman–Crippen MR) is 68.8 cm³/mol. The van der Waals surface area contributed by atoms with Crippen molar-refractivity contribution in [3.05, 3.63) is 38.3 Å². The third-order valence-electron chi connectivity index (χ3n) is 2.37. The van der Waals surface area contributed by atoms with Gasteiger partial charge in [-0.05, 0) is 17.5 Å². The predicted octanol–water partition coefficient (Wildman–Crippen LogP) is 2.08. The largest absolute Gasteiger partial charge is 0.396 e. The average molecular weight is 303 g/mol. The zero-order valence-corrected chi connectivity index (χ0v) is 11.1. The molecule has 0 heterocycles. The van der Waals surface area contributed by atoms with Gasteiger partial charge in [-0.1, -0.05) is 22.9 Å². The Morgan fingerprint density at radius 2 is 2.29 bits per heavy atom. The van der Waals surface area contributed by atoms with E-state index in [4.69, 9.17) is 5.11 Å². The van der Waals surface area contributed by atoms with Gasteiger partial charge < -0.3 is 10.4 Å². The molecule has 0 aliphatic heterocycles. The van der Waals surface area contributed by atoms with Crippen LogP contribution in [0.1, 0.15) is 12.5 Å². The van der Waals surface area contributed by atoms with Gasteiger partial charge in [-0.3, -0.25) is 10.1 Å². The number of nitro groups is 1. The van der Waals surface area contributed by atoms with E-state index in [1.54, 1.807) is 6.07 Å². The lowest BCUT2D eigenvalue weighted by molar-refractivity contribution is -0.384. The van der Waals surface area contributed by atoms with Crippen molar-refractivity contribution < 1.29 is 10.0 Å². The quantitative estimate of drug-likeness (QED) is 0.623. The molecule has 0 saturated carbocycles. The highest BCUT2D eigenvalue weighted by Crippen LogP contribution is 2.22. The zero-order valence-electron chi connectivity index (χ0n) is 9.52. The Morgan fingerprint density at radius 3 is 2.82 bits per heavy atom. The SMILES string of the molecule is CC(CO)CNCc1ccc([N+](=O)[O-])cc1Br. The molecule has 2 N–H and O–H groups in total. The maximum atomic E-state index is 10.5. The van der Waals surface area contributed by atoms with Gasteiger partial charge in [-0.15, -0.1) is 0 Å². The summed E-state index contributed by atoms with van der Waals surface area (Å²) in [5.41, 5.74) is 1.03. The summed E-state index contributed by atoms with van der Waals surface area (Å²) in [5, 5.41) is 22.6. The molecule has 0 aliphatic carbocycles. The van der Waals surface area contributed by atoms with Gasteiger partial charge in [0.05, 0.1) is 4.92 Å². The number of rotatable bonds is 6. The fourth-order valence-electron chi connectivity index (χ4n) is 1.31. The Hall–Kier alpha value is -0.980. The van der Waals surface area contributed by atoms with E-state index >= 15 is 0 Å². The molecule has 0 aromatic heterocycles. The third kappa shape index (κ3) is 4.41. The van der Waals surface area contributed by atoms with Crippen LogP contribution in [-0.2, 0) is 6.54 Å². The number of benzene rings is 1. The smallest absolute Gasteiger partial charge is 0.270 e. The van der Waals surface area contributed by atoms with E-state index in [1.807, 2.05) is 6.92 Å². The number of non-ortho nitro benzene ring substituents is 1. The van der Waals surface area contributed by atoms with Gasteiger partial charge in [-0.2, -0.15) is 0 Å². The van der Waals surface area contributed by atoms with E-state index in [-0.39, 0.29) is 18.2 Å². The van der Waals surface area contributed by atoms with Crippen LogP contribution in [0.15, 0.2) is 22.7 Å². The number of nitro benzene ring substituents is 1. The second-order valence-corrected chi connectivity index (χ2v) is 4.81. The summed E-state index contributed by atoms with van der Waals surface area (Å²) in [7, 11) is 0. The Morgan fingerprint density at radius 1 is 1.59 bits per heavy atom. The van der Waals surface area contributed by atoms with E-state index in [9.17, 15) is 10.1 Å². The Labute approximate surface area is 108 Å². The number of hydrogen-bond acceptors (Lipinski definition) is 4. The van der Waals surface area contributed by atoms with Crippen molar-refractivity contribution in [2.45, 2.75) is 13.5 Å². The van der Waals surface area contributed by atoms with Gasteiger partial charge in [-0.25, -0.2) is 0 Å². The highest BCUT2D eigenvalue weighted by atomic mass is 79.9. The first-order chi connectivity index (χ1) is 8.04. The average Bonchev–Trinajstić information content (AvgIpc) is 2.30. The fourth-order valence-corrected chi connectivity index (χ4v) is 1.82.